The number of nitrogens with two attached hydrogens (primary N) is 1. The first-order valence-corrected chi connectivity index (χ1v) is 5.71. The van der Waals surface area contributed by atoms with E-state index in [-0.39, 0.29) is 24.5 Å². The summed E-state index contributed by atoms with van der Waals surface area (Å²) in [5.74, 6) is -3.18. The van der Waals surface area contributed by atoms with Crippen LogP contribution >= 0.6 is 0 Å². The normalized spacial score (nSPS) is 11.4. The molecular weight excluding hydrogens is 256 g/mol. The van der Waals surface area contributed by atoms with Crippen molar-refractivity contribution in [3.63, 3.8) is 0 Å². The molecular formula is C12H15F2N3O2. The summed E-state index contributed by atoms with van der Waals surface area (Å²) in [6, 6.07) is 3.37. The Morgan fingerprint density at radius 1 is 1.47 bits per heavy atom. The molecule has 1 rings (SSSR count). The van der Waals surface area contributed by atoms with Crippen molar-refractivity contribution in [3.05, 3.63) is 35.4 Å². The number of amides is 1. The number of nitrogens with zero attached hydrogens (tertiary/aromatic N) is 2. The Balaban J connectivity index is 3.02. The Labute approximate surface area is 109 Å². The van der Waals surface area contributed by atoms with E-state index in [4.69, 9.17) is 10.9 Å². The fourth-order valence-electron chi connectivity index (χ4n) is 1.59. The molecule has 0 atom stereocenters. The number of hydrogen-bond acceptors (Lipinski definition) is 3. The number of rotatable bonds is 5. The maximum absolute atomic E-state index is 13.5. The fourth-order valence-corrected chi connectivity index (χ4v) is 1.59. The minimum absolute atomic E-state index is 0.154. The lowest BCUT2D eigenvalue weighted by molar-refractivity contribution is 0.0772. The van der Waals surface area contributed by atoms with Gasteiger partial charge in [0.25, 0.3) is 5.91 Å². The molecule has 3 N–H and O–H groups in total. The van der Waals surface area contributed by atoms with Gasteiger partial charge in [-0.05, 0) is 18.6 Å². The van der Waals surface area contributed by atoms with Crippen molar-refractivity contribution in [2.45, 2.75) is 13.3 Å². The molecule has 0 aliphatic rings. The number of oxime groups is 1. The first-order chi connectivity index (χ1) is 9.01. The van der Waals surface area contributed by atoms with E-state index in [0.717, 1.165) is 6.07 Å². The Bertz CT molecular complexity index is 492. The fraction of sp³-hybridized carbons (Fsp3) is 0.333. The molecule has 0 aliphatic heterocycles. The van der Waals surface area contributed by atoms with Crippen LogP contribution < -0.4 is 5.73 Å². The predicted octanol–water partition coefficient (Wildman–Crippen LogP) is 1.56. The lowest BCUT2D eigenvalue weighted by Crippen LogP contribution is -2.39. The van der Waals surface area contributed by atoms with Crippen molar-refractivity contribution in [1.82, 2.24) is 4.90 Å². The highest BCUT2D eigenvalue weighted by atomic mass is 19.2. The Kier molecular flexibility index (Phi) is 5.23. The van der Waals surface area contributed by atoms with Gasteiger partial charge in [0, 0.05) is 6.54 Å². The van der Waals surface area contributed by atoms with Crippen molar-refractivity contribution in [2.24, 2.45) is 10.9 Å². The summed E-state index contributed by atoms with van der Waals surface area (Å²) in [6.07, 6.45) is 0.599. The quantitative estimate of drug-likeness (QED) is 0.369. The van der Waals surface area contributed by atoms with Crippen LogP contribution in [0.4, 0.5) is 8.78 Å². The minimum Gasteiger partial charge on any atom is -0.409 e. The van der Waals surface area contributed by atoms with Crippen LogP contribution in [0.15, 0.2) is 23.4 Å². The van der Waals surface area contributed by atoms with Gasteiger partial charge in [-0.1, -0.05) is 18.1 Å². The minimum atomic E-state index is -1.20. The summed E-state index contributed by atoms with van der Waals surface area (Å²) in [7, 11) is 0. The Morgan fingerprint density at radius 3 is 2.74 bits per heavy atom. The van der Waals surface area contributed by atoms with Gasteiger partial charge in [-0.3, -0.25) is 4.79 Å². The zero-order valence-corrected chi connectivity index (χ0v) is 10.4. The van der Waals surface area contributed by atoms with E-state index in [1.807, 2.05) is 6.92 Å². The molecule has 1 amide bonds. The van der Waals surface area contributed by atoms with Crippen LogP contribution in [0, 0.1) is 11.6 Å². The molecule has 0 bridgehead atoms. The van der Waals surface area contributed by atoms with Gasteiger partial charge in [0.1, 0.15) is 0 Å². The lowest BCUT2D eigenvalue weighted by atomic mass is 10.1. The third-order valence-corrected chi connectivity index (χ3v) is 2.44. The van der Waals surface area contributed by atoms with Crippen molar-refractivity contribution >= 4 is 11.7 Å². The second kappa shape index (κ2) is 6.67. The maximum Gasteiger partial charge on any atom is 0.257 e. The van der Waals surface area contributed by atoms with Crippen molar-refractivity contribution in [3.8, 4) is 0 Å². The lowest BCUT2D eigenvalue weighted by Gasteiger charge is -2.21. The molecule has 5 nitrogen and oxygen atoms in total. The van der Waals surface area contributed by atoms with E-state index in [1.54, 1.807) is 0 Å². The highest BCUT2D eigenvalue weighted by Crippen LogP contribution is 2.14. The molecule has 0 aliphatic carbocycles. The number of amidine groups is 1. The highest BCUT2D eigenvalue weighted by Gasteiger charge is 2.21. The van der Waals surface area contributed by atoms with E-state index >= 15 is 0 Å². The van der Waals surface area contributed by atoms with Gasteiger partial charge in [-0.25, -0.2) is 8.78 Å². The topological polar surface area (TPSA) is 78.9 Å². The molecule has 0 unspecified atom stereocenters. The largest absolute Gasteiger partial charge is 0.409 e. The van der Waals surface area contributed by atoms with Crippen LogP contribution in [0.1, 0.15) is 23.7 Å². The third kappa shape index (κ3) is 3.64. The standard InChI is InChI=1S/C12H15F2N3O2/c1-2-6-17(7-10(15)16-19)12(18)8-4-3-5-9(13)11(8)14/h3-5,19H,2,6-7H2,1H3,(H2,15,16). The molecule has 1 aromatic rings. The summed E-state index contributed by atoms with van der Waals surface area (Å²) < 4.78 is 26.6. The van der Waals surface area contributed by atoms with Crippen molar-refractivity contribution in [2.75, 3.05) is 13.1 Å². The van der Waals surface area contributed by atoms with Crippen LogP contribution in [-0.4, -0.2) is 34.9 Å². The van der Waals surface area contributed by atoms with Crippen LogP contribution in [0.25, 0.3) is 0 Å². The van der Waals surface area contributed by atoms with Crippen molar-refractivity contribution in [1.29, 1.82) is 0 Å². The number of carbonyl (C=O) groups is 1. The monoisotopic (exact) mass is 271 g/mol. The van der Waals surface area contributed by atoms with Gasteiger partial charge in [0.2, 0.25) is 0 Å². The van der Waals surface area contributed by atoms with E-state index in [0.29, 0.717) is 6.42 Å². The van der Waals surface area contributed by atoms with E-state index < -0.39 is 17.5 Å². The first kappa shape index (κ1) is 14.9. The zero-order valence-electron chi connectivity index (χ0n) is 10.4. The van der Waals surface area contributed by atoms with Crippen LogP contribution in [0.5, 0.6) is 0 Å². The van der Waals surface area contributed by atoms with Gasteiger partial charge in [-0.15, -0.1) is 0 Å². The second-order valence-corrected chi connectivity index (χ2v) is 3.92. The summed E-state index contributed by atoms with van der Waals surface area (Å²) in [6.45, 7) is 1.94. The number of benzene rings is 1. The molecule has 0 fully saturated rings. The van der Waals surface area contributed by atoms with E-state index in [1.165, 1.54) is 17.0 Å². The molecule has 0 saturated heterocycles. The van der Waals surface area contributed by atoms with Crippen LogP contribution in [0.3, 0.4) is 0 Å². The summed E-state index contributed by atoms with van der Waals surface area (Å²) >= 11 is 0. The Hall–Kier alpha value is -2.18. The van der Waals surface area contributed by atoms with Crippen LogP contribution in [0.2, 0.25) is 0 Å². The summed E-state index contributed by atoms with van der Waals surface area (Å²) in [5.41, 5.74) is 4.95. The van der Waals surface area contributed by atoms with Gasteiger partial charge >= 0.3 is 0 Å². The first-order valence-electron chi connectivity index (χ1n) is 5.71. The molecule has 0 heterocycles. The summed E-state index contributed by atoms with van der Waals surface area (Å²) in [4.78, 5) is 13.3. The van der Waals surface area contributed by atoms with Gasteiger partial charge in [0.05, 0.1) is 12.1 Å². The van der Waals surface area contributed by atoms with Gasteiger partial charge in [-0.2, -0.15) is 0 Å². The molecule has 1 aromatic carbocycles. The average molecular weight is 271 g/mol. The number of hydrogen-bond donors (Lipinski definition) is 2. The molecule has 0 radical (unpaired) electrons. The van der Waals surface area contributed by atoms with Gasteiger partial charge in [0.15, 0.2) is 17.5 Å². The molecule has 19 heavy (non-hydrogen) atoms. The second-order valence-electron chi connectivity index (χ2n) is 3.92. The SMILES string of the molecule is CCCN(CC(N)=NO)C(=O)c1cccc(F)c1F. The zero-order chi connectivity index (χ0) is 14.4. The predicted molar refractivity (Wildman–Crippen MR) is 66.0 cm³/mol. The molecule has 7 heteroatoms. The highest BCUT2D eigenvalue weighted by molar-refractivity contribution is 5.97. The number of halogens is 2. The number of carbonyl (C=O) groups excluding carboxylic acids is 1. The molecule has 0 aromatic heterocycles. The van der Waals surface area contributed by atoms with E-state index in [9.17, 15) is 13.6 Å². The van der Waals surface area contributed by atoms with Gasteiger partial charge < -0.3 is 15.8 Å². The molecule has 0 spiro atoms. The van der Waals surface area contributed by atoms with E-state index in [2.05, 4.69) is 5.16 Å². The molecule has 0 saturated carbocycles. The average Bonchev–Trinajstić information content (AvgIpc) is 2.40. The van der Waals surface area contributed by atoms with Crippen molar-refractivity contribution < 1.29 is 18.8 Å². The van der Waals surface area contributed by atoms with Crippen LogP contribution in [-0.2, 0) is 0 Å². The summed E-state index contributed by atoms with van der Waals surface area (Å²) in [5, 5.41) is 11.3. The maximum atomic E-state index is 13.5. The third-order valence-electron chi connectivity index (χ3n) is 2.44. The smallest absolute Gasteiger partial charge is 0.257 e. The molecule has 104 valence electrons. The Morgan fingerprint density at radius 2 is 2.16 bits per heavy atom.